The second kappa shape index (κ2) is 6.17. The number of rotatable bonds is 4. The van der Waals surface area contributed by atoms with Crippen molar-refractivity contribution in [2.45, 2.75) is 19.2 Å². The minimum Gasteiger partial charge on any atom is -0.481 e. The lowest BCUT2D eigenvalue weighted by atomic mass is 9.92. The highest BCUT2D eigenvalue weighted by atomic mass is 19.4. The molecule has 6 nitrogen and oxygen atoms in total. The average Bonchev–Trinajstić information content (AvgIpc) is 3.17. The van der Waals surface area contributed by atoms with E-state index < -0.39 is 18.2 Å². The van der Waals surface area contributed by atoms with Crippen molar-refractivity contribution in [2.75, 3.05) is 13.1 Å². The molecule has 4 rings (SSSR count). The number of carbonyl (C=O) groups is 2. The first-order valence-electron chi connectivity index (χ1n) is 8.62. The summed E-state index contributed by atoms with van der Waals surface area (Å²) in [6.45, 7) is 0.533. The van der Waals surface area contributed by atoms with Crippen LogP contribution in [0, 0.1) is 17.8 Å². The van der Waals surface area contributed by atoms with Crippen LogP contribution in [0.4, 0.5) is 13.2 Å². The number of aliphatic carboxylic acids is 1. The summed E-state index contributed by atoms with van der Waals surface area (Å²) in [7, 11) is 0. The number of hydrogen-bond donors (Lipinski definition) is 2. The number of alkyl halides is 3. The monoisotopic (exact) mass is 382 g/mol. The van der Waals surface area contributed by atoms with Gasteiger partial charge in [-0.05, 0) is 42.9 Å². The average molecular weight is 382 g/mol. The minimum atomic E-state index is -4.79. The number of carboxylic acids is 1. The van der Waals surface area contributed by atoms with E-state index in [0.717, 1.165) is 12.8 Å². The second-order valence-electron chi connectivity index (χ2n) is 7.14. The molecule has 1 amide bonds. The molecule has 27 heavy (non-hydrogen) atoms. The van der Waals surface area contributed by atoms with Crippen LogP contribution in [0.2, 0.25) is 0 Å². The number of nitrogens with zero attached hydrogens (tertiary/aromatic N) is 1. The van der Waals surface area contributed by atoms with Crippen molar-refractivity contribution < 1.29 is 32.6 Å². The van der Waals surface area contributed by atoms with Gasteiger partial charge in [-0.25, -0.2) is 0 Å². The van der Waals surface area contributed by atoms with Gasteiger partial charge in [0, 0.05) is 30.1 Å². The summed E-state index contributed by atoms with van der Waals surface area (Å²) in [5.74, 6) is -1.88. The van der Waals surface area contributed by atoms with Gasteiger partial charge in [-0.15, -0.1) is 13.2 Å². The Morgan fingerprint density at radius 1 is 1.19 bits per heavy atom. The maximum atomic E-state index is 12.8. The van der Waals surface area contributed by atoms with E-state index in [-0.39, 0.29) is 29.8 Å². The number of likely N-dealkylation sites (tertiary alicyclic amines) is 1. The van der Waals surface area contributed by atoms with E-state index in [1.807, 2.05) is 0 Å². The fourth-order valence-electron chi connectivity index (χ4n) is 3.85. The first-order chi connectivity index (χ1) is 12.7. The second-order valence-corrected chi connectivity index (χ2v) is 7.14. The Morgan fingerprint density at radius 2 is 1.93 bits per heavy atom. The van der Waals surface area contributed by atoms with E-state index in [9.17, 15) is 27.9 Å². The van der Waals surface area contributed by atoms with E-state index in [0.29, 0.717) is 23.4 Å². The zero-order valence-electron chi connectivity index (χ0n) is 14.1. The zero-order chi connectivity index (χ0) is 19.3. The topological polar surface area (TPSA) is 82.6 Å². The number of ether oxygens (including phenoxy) is 1. The summed E-state index contributed by atoms with van der Waals surface area (Å²) < 4.78 is 40.9. The molecule has 2 heterocycles. The molecule has 1 aliphatic heterocycles. The zero-order valence-corrected chi connectivity index (χ0v) is 14.1. The van der Waals surface area contributed by atoms with Crippen LogP contribution in [0.15, 0.2) is 24.3 Å². The molecule has 1 aliphatic carbocycles. The lowest BCUT2D eigenvalue weighted by molar-refractivity contribution is -0.274. The van der Waals surface area contributed by atoms with E-state index in [1.54, 1.807) is 6.07 Å². The molecule has 2 atom stereocenters. The third-order valence-corrected chi connectivity index (χ3v) is 5.25. The highest BCUT2D eigenvalue weighted by Gasteiger charge is 2.47. The number of nitrogens with one attached hydrogen (secondary N) is 1. The fraction of sp³-hybridized carbons (Fsp3) is 0.444. The maximum absolute atomic E-state index is 12.8. The van der Waals surface area contributed by atoms with Gasteiger partial charge < -0.3 is 19.7 Å². The molecule has 2 aliphatic rings. The van der Waals surface area contributed by atoms with Crippen molar-refractivity contribution in [3.8, 4) is 5.75 Å². The van der Waals surface area contributed by atoms with Gasteiger partial charge in [-0.3, -0.25) is 9.59 Å². The quantitative estimate of drug-likeness (QED) is 0.851. The molecule has 0 bridgehead atoms. The Kier molecular flexibility index (Phi) is 4.05. The minimum absolute atomic E-state index is 0.0392. The summed E-state index contributed by atoms with van der Waals surface area (Å²) in [4.78, 5) is 28.6. The lowest BCUT2D eigenvalue weighted by Crippen LogP contribution is -2.30. The highest BCUT2D eigenvalue weighted by Crippen LogP contribution is 2.44. The normalized spacial score (nSPS) is 23.0. The van der Waals surface area contributed by atoms with Crippen LogP contribution in [-0.4, -0.2) is 46.3 Å². The molecule has 1 aromatic heterocycles. The van der Waals surface area contributed by atoms with E-state index in [1.165, 1.54) is 23.1 Å². The van der Waals surface area contributed by atoms with Gasteiger partial charge in [-0.1, -0.05) is 0 Å². The Balaban J connectivity index is 1.55. The number of carboxylic acid groups (broad SMARTS) is 1. The van der Waals surface area contributed by atoms with Crippen LogP contribution in [0.5, 0.6) is 5.75 Å². The number of halogens is 3. The number of amides is 1. The molecule has 2 N–H and O–H groups in total. The SMILES string of the molecule is O=C(O)[C@H]1CN(C(=O)c2cc3ccc(OC(F)(F)F)cc3[nH]2)C[C@@H]1C1CC1. The Hall–Kier alpha value is -2.71. The van der Waals surface area contributed by atoms with Gasteiger partial charge in [0.1, 0.15) is 11.4 Å². The molecule has 9 heteroatoms. The maximum Gasteiger partial charge on any atom is 0.573 e. The number of hydrogen-bond acceptors (Lipinski definition) is 3. The van der Waals surface area contributed by atoms with Crippen LogP contribution in [0.3, 0.4) is 0 Å². The highest BCUT2D eigenvalue weighted by molar-refractivity contribution is 5.98. The molecule has 1 saturated carbocycles. The van der Waals surface area contributed by atoms with Crippen LogP contribution >= 0.6 is 0 Å². The predicted molar refractivity (Wildman–Crippen MR) is 88.2 cm³/mol. The number of fused-ring (bicyclic) bond motifs is 1. The Morgan fingerprint density at radius 3 is 2.56 bits per heavy atom. The molecule has 0 radical (unpaired) electrons. The Labute approximate surface area is 151 Å². The summed E-state index contributed by atoms with van der Waals surface area (Å²) in [6.07, 6.45) is -2.81. The molecule has 2 fully saturated rings. The third-order valence-electron chi connectivity index (χ3n) is 5.25. The molecule has 0 spiro atoms. The summed E-state index contributed by atoms with van der Waals surface area (Å²) in [6, 6.07) is 5.34. The van der Waals surface area contributed by atoms with Crippen molar-refractivity contribution in [1.82, 2.24) is 9.88 Å². The van der Waals surface area contributed by atoms with Gasteiger partial charge in [0.05, 0.1) is 5.92 Å². The number of carbonyl (C=O) groups excluding carboxylic acids is 1. The number of H-pyrrole nitrogens is 1. The largest absolute Gasteiger partial charge is 0.573 e. The van der Waals surface area contributed by atoms with E-state index in [4.69, 9.17) is 0 Å². The van der Waals surface area contributed by atoms with Gasteiger partial charge in [0.15, 0.2) is 0 Å². The summed E-state index contributed by atoms with van der Waals surface area (Å²) in [5, 5.41) is 9.99. The van der Waals surface area contributed by atoms with E-state index in [2.05, 4.69) is 9.72 Å². The van der Waals surface area contributed by atoms with E-state index >= 15 is 0 Å². The lowest BCUT2D eigenvalue weighted by Gasteiger charge is -2.15. The van der Waals surface area contributed by atoms with Crippen LogP contribution in [0.1, 0.15) is 23.3 Å². The number of benzene rings is 1. The molecule has 144 valence electrons. The molecule has 0 unspecified atom stereocenters. The van der Waals surface area contributed by atoms with Crippen molar-refractivity contribution >= 4 is 22.8 Å². The molecular formula is C18H17F3N2O4. The summed E-state index contributed by atoms with van der Waals surface area (Å²) >= 11 is 0. The number of aromatic nitrogens is 1. The molecule has 1 aromatic carbocycles. The third kappa shape index (κ3) is 3.58. The van der Waals surface area contributed by atoms with Crippen molar-refractivity contribution in [2.24, 2.45) is 17.8 Å². The Bertz CT molecular complexity index is 904. The van der Waals surface area contributed by atoms with Gasteiger partial charge in [0.2, 0.25) is 0 Å². The van der Waals surface area contributed by atoms with Crippen molar-refractivity contribution in [1.29, 1.82) is 0 Å². The van der Waals surface area contributed by atoms with Crippen molar-refractivity contribution in [3.63, 3.8) is 0 Å². The van der Waals surface area contributed by atoms with Gasteiger partial charge >= 0.3 is 12.3 Å². The van der Waals surface area contributed by atoms with Gasteiger partial charge in [-0.2, -0.15) is 0 Å². The fourth-order valence-corrected chi connectivity index (χ4v) is 3.85. The van der Waals surface area contributed by atoms with Crippen LogP contribution < -0.4 is 4.74 Å². The molecular weight excluding hydrogens is 365 g/mol. The number of aromatic amines is 1. The molecule has 2 aromatic rings. The first-order valence-corrected chi connectivity index (χ1v) is 8.62. The first kappa shape index (κ1) is 17.7. The standard InChI is InChI=1S/C18H17F3N2O4/c19-18(20,21)27-11-4-3-10-5-15(22-14(10)6-11)16(24)23-7-12(9-1-2-9)13(8-23)17(25)26/h3-6,9,12-13,22H,1-2,7-8H2,(H,25,26)/t12-,13+/m1/s1. The smallest absolute Gasteiger partial charge is 0.481 e. The molecule has 1 saturated heterocycles. The van der Waals surface area contributed by atoms with Crippen molar-refractivity contribution in [3.05, 3.63) is 30.0 Å². The van der Waals surface area contributed by atoms with Crippen LogP contribution in [-0.2, 0) is 4.79 Å². The predicted octanol–water partition coefficient (Wildman–Crippen LogP) is 3.25. The van der Waals surface area contributed by atoms with Crippen LogP contribution in [0.25, 0.3) is 10.9 Å². The summed E-state index contributed by atoms with van der Waals surface area (Å²) in [5.41, 5.74) is 0.558. The van der Waals surface area contributed by atoms with Gasteiger partial charge in [0.25, 0.3) is 5.91 Å².